The molecule has 0 heteroatoms. The van der Waals surface area contributed by atoms with Crippen LogP contribution in [0.4, 0.5) is 0 Å². The average molecular weight is 379 g/mol. The zero-order valence-corrected chi connectivity index (χ0v) is 19.3. The molecule has 2 radical (unpaired) electrons. The number of hydrogen-bond acceptors (Lipinski definition) is 0. The fourth-order valence-electron chi connectivity index (χ4n) is 4.00. The summed E-state index contributed by atoms with van der Waals surface area (Å²) >= 11 is 0. The maximum Gasteiger partial charge on any atom is -0.0443 e. The molecule has 0 saturated heterocycles. The van der Waals surface area contributed by atoms with E-state index in [0.717, 1.165) is 18.8 Å². The second-order valence-corrected chi connectivity index (χ2v) is 9.11. The van der Waals surface area contributed by atoms with Crippen LogP contribution in [0.25, 0.3) is 0 Å². The first-order chi connectivity index (χ1) is 13.3. The Labute approximate surface area is 174 Å². The molecule has 0 aromatic rings. The van der Waals surface area contributed by atoms with E-state index in [1.807, 2.05) is 0 Å². The van der Waals surface area contributed by atoms with Crippen LogP contribution in [0.2, 0.25) is 0 Å². The fraction of sp³-hybridized carbons (Fsp3) is 0.926. The Balaban J connectivity index is 2.99. The summed E-state index contributed by atoms with van der Waals surface area (Å²) in [5.41, 5.74) is 0. The van der Waals surface area contributed by atoms with Gasteiger partial charge in [0.1, 0.15) is 0 Å². The van der Waals surface area contributed by atoms with Gasteiger partial charge in [-0.1, -0.05) is 168 Å². The van der Waals surface area contributed by atoms with Crippen molar-refractivity contribution in [3.8, 4) is 0 Å². The highest BCUT2D eigenvalue weighted by Gasteiger charge is 1.98. The first kappa shape index (κ1) is 27.0. The summed E-state index contributed by atoms with van der Waals surface area (Å²) in [6.07, 6.45) is 32.8. The lowest BCUT2D eigenvalue weighted by atomic mass is 9.99. The molecule has 0 amide bonds. The van der Waals surface area contributed by atoms with Crippen LogP contribution in [0.1, 0.15) is 155 Å². The van der Waals surface area contributed by atoms with Crippen LogP contribution in [0, 0.1) is 19.8 Å². The fourth-order valence-corrected chi connectivity index (χ4v) is 4.00. The van der Waals surface area contributed by atoms with Crippen LogP contribution in [0.3, 0.4) is 0 Å². The van der Waals surface area contributed by atoms with Crippen molar-refractivity contribution in [1.29, 1.82) is 0 Å². The average Bonchev–Trinajstić information content (AvgIpc) is 2.68. The molecular weight excluding hydrogens is 324 g/mol. The van der Waals surface area contributed by atoms with Gasteiger partial charge >= 0.3 is 0 Å². The topological polar surface area (TPSA) is 0 Å². The molecule has 0 aliphatic heterocycles. The molecule has 0 bridgehead atoms. The van der Waals surface area contributed by atoms with E-state index in [9.17, 15) is 0 Å². The third-order valence-electron chi connectivity index (χ3n) is 6.19. The van der Waals surface area contributed by atoms with E-state index in [1.54, 1.807) is 0 Å². The Morgan fingerprint density at radius 3 is 0.926 bits per heavy atom. The first-order valence-electron chi connectivity index (χ1n) is 12.9. The largest absolute Gasteiger partial charge is 0.0625 e. The van der Waals surface area contributed by atoms with E-state index in [-0.39, 0.29) is 0 Å². The Hall–Kier alpha value is 0. The molecule has 0 fully saturated rings. The Kier molecular flexibility index (Phi) is 24.0. The van der Waals surface area contributed by atoms with Crippen molar-refractivity contribution in [2.45, 2.75) is 155 Å². The van der Waals surface area contributed by atoms with Gasteiger partial charge in [-0.3, -0.25) is 0 Å². The lowest BCUT2D eigenvalue weighted by molar-refractivity contribution is 0.480. The summed E-state index contributed by atoms with van der Waals surface area (Å²) in [7, 11) is 0. The van der Waals surface area contributed by atoms with E-state index in [2.05, 4.69) is 20.8 Å². The second-order valence-electron chi connectivity index (χ2n) is 9.11. The molecular formula is C27H54. The van der Waals surface area contributed by atoms with E-state index < -0.39 is 0 Å². The van der Waals surface area contributed by atoms with Crippen molar-refractivity contribution in [3.05, 3.63) is 13.8 Å². The van der Waals surface area contributed by atoms with Crippen LogP contribution in [-0.2, 0) is 0 Å². The molecule has 0 aromatic heterocycles. The minimum atomic E-state index is 0.837. The van der Waals surface area contributed by atoms with Gasteiger partial charge in [-0.05, 0) is 5.92 Å². The normalized spacial score (nSPS) is 12.6. The van der Waals surface area contributed by atoms with E-state index in [1.165, 1.54) is 135 Å². The molecule has 0 N–H and O–H groups in total. The van der Waals surface area contributed by atoms with Gasteiger partial charge < -0.3 is 0 Å². The van der Waals surface area contributed by atoms with Gasteiger partial charge in [0.15, 0.2) is 0 Å². The van der Waals surface area contributed by atoms with Gasteiger partial charge in [0.05, 0.1) is 0 Å². The minimum absolute atomic E-state index is 0.837. The lowest BCUT2D eigenvalue weighted by Crippen LogP contribution is -1.91. The molecule has 0 aromatic carbocycles. The predicted molar refractivity (Wildman–Crippen MR) is 126 cm³/mol. The SMILES string of the molecule is [CH2]CCCCCCCCCCCCCCCCCCCCCCC(C)C[CH2]. The number of rotatable bonds is 23. The van der Waals surface area contributed by atoms with Crippen molar-refractivity contribution in [2.75, 3.05) is 0 Å². The summed E-state index contributed by atoms with van der Waals surface area (Å²) in [5, 5.41) is 0. The van der Waals surface area contributed by atoms with Crippen molar-refractivity contribution < 1.29 is 0 Å². The van der Waals surface area contributed by atoms with Crippen molar-refractivity contribution in [2.24, 2.45) is 5.92 Å². The quantitative estimate of drug-likeness (QED) is 0.155. The molecule has 0 aliphatic rings. The summed E-state index contributed by atoms with van der Waals surface area (Å²) < 4.78 is 0. The van der Waals surface area contributed by atoms with E-state index >= 15 is 0 Å². The highest BCUT2D eigenvalue weighted by molar-refractivity contribution is 4.55. The van der Waals surface area contributed by atoms with Crippen molar-refractivity contribution >= 4 is 0 Å². The first-order valence-corrected chi connectivity index (χ1v) is 12.9. The molecule has 0 rings (SSSR count). The van der Waals surface area contributed by atoms with Crippen molar-refractivity contribution in [1.82, 2.24) is 0 Å². The van der Waals surface area contributed by atoms with Gasteiger partial charge in [-0.2, -0.15) is 0 Å². The summed E-state index contributed by atoms with van der Waals surface area (Å²) in [4.78, 5) is 0. The molecule has 27 heavy (non-hydrogen) atoms. The molecule has 0 nitrogen and oxygen atoms in total. The monoisotopic (exact) mass is 378 g/mol. The van der Waals surface area contributed by atoms with E-state index in [0.29, 0.717) is 0 Å². The third kappa shape index (κ3) is 24.0. The molecule has 0 heterocycles. The van der Waals surface area contributed by atoms with Crippen LogP contribution in [0.5, 0.6) is 0 Å². The Bertz CT molecular complexity index is 244. The maximum absolute atomic E-state index is 3.99. The third-order valence-corrected chi connectivity index (χ3v) is 6.19. The van der Waals surface area contributed by atoms with Crippen LogP contribution >= 0.6 is 0 Å². The molecule has 1 unspecified atom stereocenters. The van der Waals surface area contributed by atoms with Gasteiger partial charge in [0.25, 0.3) is 0 Å². The highest BCUT2D eigenvalue weighted by atomic mass is 14.0. The zero-order valence-electron chi connectivity index (χ0n) is 19.3. The summed E-state index contributed by atoms with van der Waals surface area (Å²) in [6, 6.07) is 0. The van der Waals surface area contributed by atoms with Gasteiger partial charge in [0, 0.05) is 0 Å². The molecule has 1 atom stereocenters. The Morgan fingerprint density at radius 1 is 0.407 bits per heavy atom. The van der Waals surface area contributed by atoms with Gasteiger partial charge in [-0.25, -0.2) is 0 Å². The van der Waals surface area contributed by atoms with Gasteiger partial charge in [-0.15, -0.1) is 0 Å². The lowest BCUT2D eigenvalue weighted by Gasteiger charge is -2.07. The van der Waals surface area contributed by atoms with Crippen LogP contribution in [-0.4, -0.2) is 0 Å². The number of unbranched alkanes of at least 4 members (excludes halogenated alkanes) is 20. The van der Waals surface area contributed by atoms with Crippen molar-refractivity contribution in [3.63, 3.8) is 0 Å². The standard InChI is InChI=1S/C27H54/c1-4-6-7-8-9-10-11-12-13-14-15-16-17-18-19-20-21-22-23-24-25-26-27(3)5-2/h27H,1-2,4-26H2,3H3. The molecule has 0 spiro atoms. The smallest absolute Gasteiger partial charge is 0.0443 e. The molecule has 0 saturated carbocycles. The maximum atomic E-state index is 3.99. The van der Waals surface area contributed by atoms with E-state index in [4.69, 9.17) is 0 Å². The highest BCUT2D eigenvalue weighted by Crippen LogP contribution is 2.16. The number of hydrogen-bond donors (Lipinski definition) is 0. The molecule has 162 valence electrons. The zero-order chi connectivity index (χ0) is 19.8. The van der Waals surface area contributed by atoms with Gasteiger partial charge in [0.2, 0.25) is 0 Å². The minimum Gasteiger partial charge on any atom is -0.0625 e. The van der Waals surface area contributed by atoms with Crippen LogP contribution < -0.4 is 0 Å². The van der Waals surface area contributed by atoms with Crippen LogP contribution in [0.15, 0.2) is 0 Å². The molecule has 0 aliphatic carbocycles. The predicted octanol–water partition coefficient (Wildman–Crippen LogP) is 10.3. The Morgan fingerprint density at radius 2 is 0.667 bits per heavy atom. The summed E-state index contributed by atoms with van der Waals surface area (Å²) in [6.45, 7) is 10.2. The second kappa shape index (κ2) is 24.0. The summed E-state index contributed by atoms with van der Waals surface area (Å²) in [5.74, 6) is 0.837.